The third kappa shape index (κ3) is 2.47. The van der Waals surface area contributed by atoms with Crippen molar-refractivity contribution in [2.75, 3.05) is 5.33 Å². The Labute approximate surface area is 106 Å². The summed E-state index contributed by atoms with van der Waals surface area (Å²) in [6, 6.07) is 5.37. The lowest BCUT2D eigenvalue weighted by molar-refractivity contribution is 0.104. The van der Waals surface area contributed by atoms with Gasteiger partial charge in [0.05, 0.1) is 10.7 Å². The second-order valence-electron chi connectivity index (χ2n) is 3.25. The first-order valence-corrected chi connectivity index (χ1v) is 6.32. The number of halogens is 3. The molecule has 2 nitrogen and oxygen atoms in total. The highest BCUT2D eigenvalue weighted by atomic mass is 79.9. The molecule has 0 N–H and O–H groups in total. The summed E-state index contributed by atoms with van der Waals surface area (Å²) in [4.78, 5) is 5.20. The molecule has 0 spiro atoms. The van der Waals surface area contributed by atoms with Gasteiger partial charge in [-0.2, -0.15) is 0 Å². The predicted molar refractivity (Wildman–Crippen MR) is 66.3 cm³/mol. The lowest BCUT2D eigenvalue weighted by Crippen LogP contribution is -2.09. The minimum absolute atomic E-state index is 0.103. The second kappa shape index (κ2) is 4.73. The van der Waals surface area contributed by atoms with E-state index in [0.717, 1.165) is 23.0 Å². The highest BCUT2D eigenvalue weighted by Crippen LogP contribution is 2.26. The molecule has 0 aromatic heterocycles. The Hall–Kier alpha value is -0.250. The minimum atomic E-state index is 0.103. The molecule has 5 heteroatoms. The number of oxime groups is 1. The van der Waals surface area contributed by atoms with E-state index < -0.39 is 0 Å². The van der Waals surface area contributed by atoms with Crippen LogP contribution in [0.4, 0.5) is 0 Å². The fraction of sp³-hybridized carbons (Fsp3) is 0.300. The van der Waals surface area contributed by atoms with Crippen molar-refractivity contribution in [3.8, 4) is 0 Å². The Morgan fingerprint density at radius 2 is 2.27 bits per heavy atom. The van der Waals surface area contributed by atoms with E-state index in [1.165, 1.54) is 0 Å². The molecule has 1 heterocycles. The van der Waals surface area contributed by atoms with Crippen LogP contribution in [-0.2, 0) is 4.84 Å². The van der Waals surface area contributed by atoms with Gasteiger partial charge in [-0.1, -0.05) is 50.4 Å². The van der Waals surface area contributed by atoms with Crippen molar-refractivity contribution in [2.45, 2.75) is 12.5 Å². The quantitative estimate of drug-likeness (QED) is 0.760. The summed E-state index contributed by atoms with van der Waals surface area (Å²) in [5.41, 5.74) is 1.77. The van der Waals surface area contributed by atoms with Crippen LogP contribution in [0.5, 0.6) is 0 Å². The Bertz CT molecular complexity index is 408. The zero-order valence-corrected chi connectivity index (χ0v) is 10.8. The lowest BCUT2D eigenvalue weighted by atomic mass is 10.1. The summed E-state index contributed by atoms with van der Waals surface area (Å²) in [5.74, 6) is 0. The summed E-state index contributed by atoms with van der Waals surface area (Å²) in [6.45, 7) is 0. The molecule has 0 fully saturated rings. The van der Waals surface area contributed by atoms with E-state index in [1.54, 1.807) is 12.1 Å². The van der Waals surface area contributed by atoms with Gasteiger partial charge in [0.1, 0.15) is 6.10 Å². The van der Waals surface area contributed by atoms with Crippen LogP contribution in [-0.4, -0.2) is 17.1 Å². The molecule has 1 aliphatic rings. The van der Waals surface area contributed by atoms with Crippen LogP contribution in [0.2, 0.25) is 10.0 Å². The maximum atomic E-state index is 6.07. The Balaban J connectivity index is 2.24. The normalized spacial score (nSPS) is 19.9. The molecule has 1 aromatic carbocycles. The maximum Gasteiger partial charge on any atom is 0.142 e. The van der Waals surface area contributed by atoms with Crippen LogP contribution in [0.1, 0.15) is 12.0 Å². The van der Waals surface area contributed by atoms with Crippen LogP contribution in [0.3, 0.4) is 0 Å². The molecule has 0 saturated carbocycles. The third-order valence-corrected chi connectivity index (χ3v) is 3.42. The highest BCUT2D eigenvalue weighted by molar-refractivity contribution is 9.09. The zero-order chi connectivity index (χ0) is 10.8. The van der Waals surface area contributed by atoms with Crippen molar-refractivity contribution >= 4 is 44.8 Å². The van der Waals surface area contributed by atoms with E-state index >= 15 is 0 Å². The minimum Gasteiger partial charge on any atom is -0.391 e. The average Bonchev–Trinajstić information content (AvgIpc) is 2.66. The second-order valence-corrected chi connectivity index (χ2v) is 4.74. The largest absolute Gasteiger partial charge is 0.391 e. The molecule has 0 radical (unpaired) electrons. The molecule has 1 aliphatic heterocycles. The molecule has 1 atom stereocenters. The summed E-state index contributed by atoms with van der Waals surface area (Å²) < 4.78 is 0. The van der Waals surface area contributed by atoms with Crippen molar-refractivity contribution in [1.82, 2.24) is 0 Å². The molecule has 1 unspecified atom stereocenters. The number of hydrogen-bond donors (Lipinski definition) is 0. The molecule has 1 aromatic rings. The lowest BCUT2D eigenvalue weighted by Gasteiger charge is -2.03. The van der Waals surface area contributed by atoms with Crippen molar-refractivity contribution in [1.29, 1.82) is 0 Å². The van der Waals surface area contributed by atoms with Gasteiger partial charge in [0, 0.05) is 22.3 Å². The van der Waals surface area contributed by atoms with Gasteiger partial charge in [0.25, 0.3) is 0 Å². The average molecular weight is 309 g/mol. The van der Waals surface area contributed by atoms with Crippen LogP contribution in [0, 0.1) is 0 Å². The van der Waals surface area contributed by atoms with Gasteiger partial charge in [0.15, 0.2) is 0 Å². The van der Waals surface area contributed by atoms with Crippen molar-refractivity contribution in [3.05, 3.63) is 33.8 Å². The first-order valence-electron chi connectivity index (χ1n) is 4.45. The smallest absolute Gasteiger partial charge is 0.142 e. The highest BCUT2D eigenvalue weighted by Gasteiger charge is 2.22. The number of nitrogens with zero attached hydrogens (tertiary/aromatic N) is 1. The Morgan fingerprint density at radius 1 is 1.47 bits per heavy atom. The number of benzene rings is 1. The van der Waals surface area contributed by atoms with Crippen molar-refractivity contribution < 1.29 is 4.84 Å². The van der Waals surface area contributed by atoms with Crippen LogP contribution in [0.25, 0.3) is 0 Å². The van der Waals surface area contributed by atoms with Crippen molar-refractivity contribution in [2.24, 2.45) is 5.16 Å². The van der Waals surface area contributed by atoms with E-state index in [-0.39, 0.29) is 6.10 Å². The topological polar surface area (TPSA) is 21.6 Å². The molecule has 80 valence electrons. The first-order chi connectivity index (χ1) is 7.20. The van der Waals surface area contributed by atoms with E-state index in [2.05, 4.69) is 21.1 Å². The molecule has 0 aliphatic carbocycles. The van der Waals surface area contributed by atoms with Gasteiger partial charge in [-0.3, -0.25) is 0 Å². The predicted octanol–water partition coefficient (Wildman–Crippen LogP) is 3.88. The van der Waals surface area contributed by atoms with E-state index in [1.807, 2.05) is 6.07 Å². The molecule has 15 heavy (non-hydrogen) atoms. The number of hydrogen-bond acceptors (Lipinski definition) is 2. The van der Waals surface area contributed by atoms with Gasteiger partial charge < -0.3 is 4.84 Å². The fourth-order valence-electron chi connectivity index (χ4n) is 1.39. The molecule has 0 bridgehead atoms. The molecule has 0 saturated heterocycles. The molecule has 2 rings (SSSR count). The van der Waals surface area contributed by atoms with E-state index in [9.17, 15) is 0 Å². The Morgan fingerprint density at radius 3 is 2.87 bits per heavy atom. The van der Waals surface area contributed by atoms with Crippen LogP contribution >= 0.6 is 39.1 Å². The zero-order valence-electron chi connectivity index (χ0n) is 7.71. The standard InChI is InChI=1S/C10H8BrCl2NO/c11-5-7-4-10(14-15-7)8-2-1-6(12)3-9(8)13/h1-3,7H,4-5H2. The van der Waals surface area contributed by atoms with Gasteiger partial charge in [0.2, 0.25) is 0 Å². The Kier molecular flexibility index (Phi) is 3.54. The van der Waals surface area contributed by atoms with Gasteiger partial charge in [-0.05, 0) is 12.1 Å². The van der Waals surface area contributed by atoms with E-state index in [4.69, 9.17) is 28.0 Å². The van der Waals surface area contributed by atoms with Crippen LogP contribution in [0.15, 0.2) is 23.4 Å². The first kappa shape index (κ1) is 11.2. The third-order valence-electron chi connectivity index (χ3n) is 2.15. The van der Waals surface area contributed by atoms with E-state index in [0.29, 0.717) is 10.0 Å². The summed E-state index contributed by atoms with van der Waals surface area (Å²) in [5, 5.41) is 6.01. The molecule has 0 amide bonds. The molecular formula is C10H8BrCl2NO. The number of rotatable bonds is 2. The van der Waals surface area contributed by atoms with Crippen molar-refractivity contribution in [3.63, 3.8) is 0 Å². The maximum absolute atomic E-state index is 6.07. The SMILES string of the molecule is Clc1ccc(C2=NOC(CBr)C2)c(Cl)c1. The summed E-state index contributed by atoms with van der Waals surface area (Å²) in [7, 11) is 0. The molecular weight excluding hydrogens is 301 g/mol. The van der Waals surface area contributed by atoms with Crippen LogP contribution < -0.4 is 0 Å². The summed E-state index contributed by atoms with van der Waals surface area (Å²) in [6.07, 6.45) is 0.874. The monoisotopic (exact) mass is 307 g/mol. The fourth-order valence-corrected chi connectivity index (χ4v) is 2.26. The van der Waals surface area contributed by atoms with Gasteiger partial charge in [-0.15, -0.1) is 0 Å². The number of alkyl halides is 1. The van der Waals surface area contributed by atoms with Gasteiger partial charge in [-0.25, -0.2) is 0 Å². The van der Waals surface area contributed by atoms with Gasteiger partial charge >= 0.3 is 0 Å². The summed E-state index contributed by atoms with van der Waals surface area (Å²) >= 11 is 15.2.